The number of hydrogen-bond donors (Lipinski definition) is 1. The van der Waals surface area contributed by atoms with Gasteiger partial charge in [0.15, 0.2) is 11.9 Å². The van der Waals surface area contributed by atoms with Crippen molar-refractivity contribution in [2.75, 3.05) is 11.5 Å². The number of nitrogens with zero attached hydrogens (tertiary/aromatic N) is 1. The lowest BCUT2D eigenvalue weighted by Crippen LogP contribution is -2.48. The predicted octanol–water partition coefficient (Wildman–Crippen LogP) is 2.09. The number of aliphatic hydroxyl groups excluding tert-OH is 1. The zero-order chi connectivity index (χ0) is 16.7. The minimum Gasteiger partial charge on any atom is -0.441 e. The topological polar surface area (TPSA) is 66.8 Å². The highest BCUT2D eigenvalue weighted by Crippen LogP contribution is 2.36. The Balaban J connectivity index is 1.68. The lowest BCUT2D eigenvalue weighted by Gasteiger charge is -2.30. The molecule has 2 aromatic carbocycles. The van der Waals surface area contributed by atoms with Crippen molar-refractivity contribution in [2.45, 2.75) is 25.0 Å². The number of ether oxygens (including phenoxy) is 1. The van der Waals surface area contributed by atoms with Crippen molar-refractivity contribution >= 4 is 17.6 Å². The lowest BCUT2D eigenvalue weighted by molar-refractivity contribution is -0.121. The summed E-state index contributed by atoms with van der Waals surface area (Å²) in [7, 11) is 0. The van der Waals surface area contributed by atoms with Crippen molar-refractivity contribution in [2.24, 2.45) is 0 Å². The largest absolute Gasteiger partial charge is 0.441 e. The Morgan fingerprint density at radius 2 is 1.88 bits per heavy atom. The Hall–Kier alpha value is -2.66. The number of anilines is 1. The first-order chi connectivity index (χ1) is 11.7. The summed E-state index contributed by atoms with van der Waals surface area (Å²) in [6.07, 6.45) is -0.312. The van der Waals surface area contributed by atoms with Crippen molar-refractivity contribution in [3.05, 3.63) is 65.2 Å². The van der Waals surface area contributed by atoms with Crippen molar-refractivity contribution < 1.29 is 19.4 Å². The van der Waals surface area contributed by atoms with Gasteiger partial charge >= 0.3 is 6.09 Å². The maximum atomic E-state index is 12.4. The molecule has 0 aliphatic carbocycles. The smallest absolute Gasteiger partial charge is 0.415 e. The van der Waals surface area contributed by atoms with Gasteiger partial charge in [0.05, 0.1) is 12.3 Å². The second-order valence-corrected chi connectivity index (χ2v) is 6.19. The van der Waals surface area contributed by atoms with E-state index < -0.39 is 18.2 Å². The molecule has 1 amide bonds. The van der Waals surface area contributed by atoms with Gasteiger partial charge in [-0.3, -0.25) is 9.69 Å². The van der Waals surface area contributed by atoms with Crippen LogP contribution in [0.25, 0.3) is 0 Å². The maximum Gasteiger partial charge on any atom is 0.415 e. The van der Waals surface area contributed by atoms with E-state index in [1.165, 1.54) is 10.5 Å². The zero-order valence-electron chi connectivity index (χ0n) is 13.0. The van der Waals surface area contributed by atoms with Crippen LogP contribution in [0.1, 0.15) is 16.7 Å². The summed E-state index contributed by atoms with van der Waals surface area (Å²) in [6.45, 7) is -0.347. The van der Waals surface area contributed by atoms with E-state index in [1.54, 1.807) is 0 Å². The molecule has 2 heterocycles. The fourth-order valence-corrected chi connectivity index (χ4v) is 3.52. The molecule has 4 rings (SSSR count). The van der Waals surface area contributed by atoms with Crippen LogP contribution < -0.4 is 4.90 Å². The van der Waals surface area contributed by atoms with Gasteiger partial charge in [-0.1, -0.05) is 42.5 Å². The van der Waals surface area contributed by atoms with Gasteiger partial charge < -0.3 is 9.84 Å². The average molecular weight is 323 g/mol. The lowest BCUT2D eigenvalue weighted by atomic mass is 9.90. The van der Waals surface area contributed by atoms with Gasteiger partial charge in [0.2, 0.25) is 0 Å². The number of amides is 1. The second kappa shape index (κ2) is 5.76. The fourth-order valence-electron chi connectivity index (χ4n) is 3.52. The molecule has 122 valence electrons. The SMILES string of the molecule is O=C1Cc2cc(Cc3ccccc3)ccc2N2C(=O)O[C@H](CO)[C@H]12. The Morgan fingerprint density at radius 1 is 1.08 bits per heavy atom. The normalized spacial score (nSPS) is 22.1. The van der Waals surface area contributed by atoms with Gasteiger partial charge in [-0.2, -0.15) is 0 Å². The Morgan fingerprint density at radius 3 is 2.62 bits per heavy atom. The number of fused-ring (bicyclic) bond motifs is 3. The van der Waals surface area contributed by atoms with Crippen molar-refractivity contribution in [3.8, 4) is 0 Å². The molecule has 0 radical (unpaired) electrons. The van der Waals surface area contributed by atoms with Crippen LogP contribution in [-0.2, 0) is 22.4 Å². The summed E-state index contributed by atoms with van der Waals surface area (Å²) in [6, 6.07) is 15.2. The summed E-state index contributed by atoms with van der Waals surface area (Å²) in [5.41, 5.74) is 3.83. The van der Waals surface area contributed by atoms with E-state index in [-0.39, 0.29) is 18.8 Å². The number of aliphatic hydroxyl groups is 1. The molecule has 1 saturated heterocycles. The molecule has 2 aromatic rings. The molecule has 1 N–H and O–H groups in total. The number of Topliss-reactive ketones (excluding diaryl/α,β-unsaturated/α-hetero) is 1. The van der Waals surface area contributed by atoms with E-state index in [4.69, 9.17) is 4.74 Å². The van der Waals surface area contributed by atoms with Gasteiger partial charge in [-0.05, 0) is 29.2 Å². The number of rotatable bonds is 3. The van der Waals surface area contributed by atoms with Crippen LogP contribution >= 0.6 is 0 Å². The highest BCUT2D eigenvalue weighted by Gasteiger charge is 2.49. The molecule has 5 nitrogen and oxygen atoms in total. The van der Waals surface area contributed by atoms with Crippen LogP contribution in [0.4, 0.5) is 10.5 Å². The molecule has 2 aliphatic heterocycles. The fraction of sp³-hybridized carbons (Fsp3) is 0.263. The Bertz CT molecular complexity index is 802. The molecule has 0 saturated carbocycles. The number of carbonyl (C=O) groups excluding carboxylic acids is 2. The molecule has 1 fully saturated rings. The monoisotopic (exact) mass is 323 g/mol. The molecule has 0 aromatic heterocycles. The van der Waals surface area contributed by atoms with E-state index in [2.05, 4.69) is 12.1 Å². The van der Waals surface area contributed by atoms with Crippen LogP contribution in [0.3, 0.4) is 0 Å². The summed E-state index contributed by atoms with van der Waals surface area (Å²) in [5, 5.41) is 9.34. The zero-order valence-corrected chi connectivity index (χ0v) is 13.0. The summed E-state index contributed by atoms with van der Waals surface area (Å²) in [5.74, 6) is -0.0933. The molecule has 0 unspecified atom stereocenters. The quantitative estimate of drug-likeness (QED) is 0.939. The number of benzene rings is 2. The number of ketones is 1. The first kappa shape index (κ1) is 14.9. The molecule has 5 heteroatoms. The van der Waals surface area contributed by atoms with E-state index in [0.717, 1.165) is 17.5 Å². The molecule has 24 heavy (non-hydrogen) atoms. The molecule has 2 aliphatic rings. The van der Waals surface area contributed by atoms with E-state index in [9.17, 15) is 14.7 Å². The molecule has 0 bridgehead atoms. The van der Waals surface area contributed by atoms with Crippen LogP contribution in [0.5, 0.6) is 0 Å². The van der Waals surface area contributed by atoms with Gasteiger partial charge in [-0.15, -0.1) is 0 Å². The van der Waals surface area contributed by atoms with Crippen LogP contribution in [-0.4, -0.2) is 35.7 Å². The first-order valence-corrected chi connectivity index (χ1v) is 7.96. The first-order valence-electron chi connectivity index (χ1n) is 7.96. The minimum atomic E-state index is -0.776. The third kappa shape index (κ3) is 2.37. The van der Waals surface area contributed by atoms with E-state index >= 15 is 0 Å². The van der Waals surface area contributed by atoms with Crippen molar-refractivity contribution in [1.29, 1.82) is 0 Å². The van der Waals surface area contributed by atoms with Gasteiger partial charge in [0, 0.05) is 6.42 Å². The summed E-state index contributed by atoms with van der Waals surface area (Å²) < 4.78 is 5.13. The van der Waals surface area contributed by atoms with Crippen LogP contribution in [0, 0.1) is 0 Å². The molecule has 0 spiro atoms. The predicted molar refractivity (Wildman–Crippen MR) is 88.0 cm³/mol. The summed E-state index contributed by atoms with van der Waals surface area (Å²) >= 11 is 0. The standard InChI is InChI=1S/C19H17NO4/c21-11-17-18-16(22)10-14-9-13(8-12-4-2-1-3-5-12)6-7-15(14)20(18)19(23)24-17/h1-7,9,17-18,21H,8,10-11H2/t17-,18+/m1/s1. The van der Waals surface area contributed by atoms with Crippen molar-refractivity contribution in [3.63, 3.8) is 0 Å². The van der Waals surface area contributed by atoms with Crippen LogP contribution in [0.15, 0.2) is 48.5 Å². The third-order valence-corrected chi connectivity index (χ3v) is 4.61. The number of cyclic esters (lactones) is 1. The van der Waals surface area contributed by atoms with Gasteiger partial charge in [0.25, 0.3) is 0 Å². The minimum absolute atomic E-state index is 0.0933. The molecule has 2 atom stereocenters. The molecular formula is C19H17NO4. The average Bonchev–Trinajstić information content (AvgIpc) is 2.93. The molecular weight excluding hydrogens is 306 g/mol. The van der Waals surface area contributed by atoms with E-state index in [1.807, 2.05) is 36.4 Å². The van der Waals surface area contributed by atoms with Crippen LogP contribution in [0.2, 0.25) is 0 Å². The van der Waals surface area contributed by atoms with Gasteiger partial charge in [0.1, 0.15) is 6.04 Å². The highest BCUT2D eigenvalue weighted by atomic mass is 16.6. The highest BCUT2D eigenvalue weighted by molar-refractivity contribution is 6.06. The number of carbonyl (C=O) groups is 2. The maximum absolute atomic E-state index is 12.4. The second-order valence-electron chi connectivity index (χ2n) is 6.19. The van der Waals surface area contributed by atoms with E-state index in [0.29, 0.717) is 5.69 Å². The Kier molecular flexibility index (Phi) is 3.58. The number of hydrogen-bond acceptors (Lipinski definition) is 4. The van der Waals surface area contributed by atoms with Crippen molar-refractivity contribution in [1.82, 2.24) is 0 Å². The van der Waals surface area contributed by atoms with Gasteiger partial charge in [-0.25, -0.2) is 4.79 Å². The Labute approximate surface area is 139 Å². The summed E-state index contributed by atoms with van der Waals surface area (Å²) in [4.78, 5) is 25.9. The third-order valence-electron chi connectivity index (χ3n) is 4.61.